The number of para-hydroxylation sites is 1. The monoisotopic (exact) mass is 445 g/mol. The molecule has 0 spiro atoms. The Morgan fingerprint density at radius 1 is 1.03 bits per heavy atom. The average molecular weight is 446 g/mol. The third-order valence-corrected chi connectivity index (χ3v) is 5.24. The summed E-state index contributed by atoms with van der Waals surface area (Å²) >= 11 is 12.4. The maximum atomic E-state index is 12.4. The van der Waals surface area contributed by atoms with Crippen LogP contribution in [-0.4, -0.2) is 49.8 Å². The van der Waals surface area contributed by atoms with E-state index in [9.17, 15) is 9.59 Å². The highest BCUT2D eigenvalue weighted by atomic mass is 35.5. The molecule has 1 saturated heterocycles. The second-order valence-electron chi connectivity index (χ2n) is 6.68. The van der Waals surface area contributed by atoms with E-state index in [0.717, 1.165) is 30.7 Å². The Morgan fingerprint density at radius 2 is 1.73 bits per heavy atom. The first-order chi connectivity index (χ1) is 14.4. The first kappa shape index (κ1) is 20.1. The number of likely N-dealkylation sites (tertiary alicyclic amines) is 1. The molecule has 154 valence electrons. The quantitative estimate of drug-likeness (QED) is 0.622. The number of pyridine rings is 1. The molecule has 1 aliphatic rings. The summed E-state index contributed by atoms with van der Waals surface area (Å²) in [4.78, 5) is 31.5. The Morgan fingerprint density at radius 3 is 2.33 bits per heavy atom. The van der Waals surface area contributed by atoms with Gasteiger partial charge in [-0.25, -0.2) is 4.98 Å². The number of amides is 2. The van der Waals surface area contributed by atoms with Gasteiger partial charge in [0.2, 0.25) is 0 Å². The zero-order valence-electron chi connectivity index (χ0n) is 15.7. The van der Waals surface area contributed by atoms with E-state index in [1.807, 2.05) is 0 Å². The molecule has 0 bridgehead atoms. The number of hydrogen-bond donors (Lipinski definition) is 2. The van der Waals surface area contributed by atoms with Crippen molar-refractivity contribution in [3.05, 3.63) is 57.8 Å². The van der Waals surface area contributed by atoms with Gasteiger partial charge in [0, 0.05) is 19.3 Å². The molecule has 3 N–H and O–H groups in total. The first-order valence-corrected chi connectivity index (χ1v) is 9.93. The van der Waals surface area contributed by atoms with Gasteiger partial charge in [-0.1, -0.05) is 29.3 Å². The molecule has 2 amide bonds. The molecular formula is C19H17Cl2N7O2. The van der Waals surface area contributed by atoms with Crippen molar-refractivity contribution in [2.75, 3.05) is 18.4 Å². The van der Waals surface area contributed by atoms with E-state index in [4.69, 9.17) is 28.9 Å². The molecule has 1 aliphatic heterocycles. The SMILES string of the molecule is NC(=O)c1nn(-c2c(Cl)cccc2Cl)nc1Nc1ccc(C(=O)N2CCCC2)cn1. The van der Waals surface area contributed by atoms with E-state index < -0.39 is 5.91 Å². The number of carbonyl (C=O) groups is 2. The van der Waals surface area contributed by atoms with Gasteiger partial charge in [-0.05, 0) is 37.1 Å². The van der Waals surface area contributed by atoms with E-state index in [0.29, 0.717) is 27.1 Å². The van der Waals surface area contributed by atoms with Gasteiger partial charge in [0.1, 0.15) is 11.5 Å². The van der Waals surface area contributed by atoms with E-state index >= 15 is 0 Å². The fourth-order valence-corrected chi connectivity index (χ4v) is 3.70. The van der Waals surface area contributed by atoms with Gasteiger partial charge in [0.15, 0.2) is 11.5 Å². The minimum Gasteiger partial charge on any atom is -0.364 e. The van der Waals surface area contributed by atoms with Crippen LogP contribution in [0, 0.1) is 0 Å². The molecule has 11 heteroatoms. The van der Waals surface area contributed by atoms with Crippen molar-refractivity contribution in [2.24, 2.45) is 5.73 Å². The fourth-order valence-electron chi connectivity index (χ4n) is 3.16. The molecule has 1 aromatic carbocycles. The Hall–Kier alpha value is -3.17. The molecule has 0 radical (unpaired) electrons. The summed E-state index contributed by atoms with van der Waals surface area (Å²) < 4.78 is 0. The fraction of sp³-hybridized carbons (Fsp3) is 0.211. The highest BCUT2D eigenvalue weighted by Crippen LogP contribution is 2.28. The lowest BCUT2D eigenvalue weighted by molar-refractivity contribution is 0.0792. The summed E-state index contributed by atoms with van der Waals surface area (Å²) in [6.45, 7) is 1.52. The number of nitrogens with zero attached hydrogens (tertiary/aromatic N) is 5. The van der Waals surface area contributed by atoms with Crippen LogP contribution >= 0.6 is 23.2 Å². The van der Waals surface area contributed by atoms with Crippen molar-refractivity contribution in [3.8, 4) is 5.69 Å². The van der Waals surface area contributed by atoms with Crippen molar-refractivity contribution >= 4 is 46.7 Å². The topological polar surface area (TPSA) is 119 Å². The maximum absolute atomic E-state index is 12.4. The minimum atomic E-state index is -0.784. The predicted octanol–water partition coefficient (Wildman–Crippen LogP) is 3.05. The number of anilines is 2. The Balaban J connectivity index is 1.60. The lowest BCUT2D eigenvalue weighted by Gasteiger charge is -2.15. The smallest absolute Gasteiger partial charge is 0.273 e. The van der Waals surface area contributed by atoms with Gasteiger partial charge in [0.05, 0.1) is 15.6 Å². The van der Waals surface area contributed by atoms with Crippen LogP contribution in [0.3, 0.4) is 0 Å². The van der Waals surface area contributed by atoms with Crippen LogP contribution in [0.15, 0.2) is 36.5 Å². The summed E-state index contributed by atoms with van der Waals surface area (Å²) in [6, 6.07) is 8.22. The lowest BCUT2D eigenvalue weighted by Crippen LogP contribution is -2.27. The van der Waals surface area contributed by atoms with E-state index in [2.05, 4.69) is 20.5 Å². The normalized spacial score (nSPS) is 13.5. The largest absolute Gasteiger partial charge is 0.364 e. The van der Waals surface area contributed by atoms with E-state index in [1.165, 1.54) is 6.20 Å². The number of nitrogens with one attached hydrogen (secondary N) is 1. The first-order valence-electron chi connectivity index (χ1n) is 9.18. The van der Waals surface area contributed by atoms with Crippen LogP contribution in [-0.2, 0) is 0 Å². The number of halogens is 2. The van der Waals surface area contributed by atoms with Gasteiger partial charge in [-0.15, -0.1) is 15.0 Å². The minimum absolute atomic E-state index is 0.0521. The number of benzene rings is 1. The van der Waals surface area contributed by atoms with Crippen molar-refractivity contribution in [1.29, 1.82) is 0 Å². The lowest BCUT2D eigenvalue weighted by atomic mass is 10.2. The molecule has 4 rings (SSSR count). The van der Waals surface area contributed by atoms with Crippen LogP contribution in [0.25, 0.3) is 5.69 Å². The molecule has 3 heterocycles. The van der Waals surface area contributed by atoms with Crippen molar-refractivity contribution in [2.45, 2.75) is 12.8 Å². The van der Waals surface area contributed by atoms with E-state index in [-0.39, 0.29) is 17.4 Å². The standard InChI is InChI=1S/C19H17Cl2N7O2/c20-12-4-3-5-13(21)16(12)28-25-15(17(22)29)18(26-28)24-14-7-6-11(10-23-14)19(30)27-8-1-2-9-27/h3-7,10H,1-2,8-9H2,(H2,22,29)(H,23,24,26). The summed E-state index contributed by atoms with van der Waals surface area (Å²) in [5.41, 5.74) is 6.14. The van der Waals surface area contributed by atoms with Crippen molar-refractivity contribution < 1.29 is 9.59 Å². The van der Waals surface area contributed by atoms with Gasteiger partial charge < -0.3 is 16.0 Å². The number of nitrogens with two attached hydrogens (primary N) is 1. The van der Waals surface area contributed by atoms with Crippen LogP contribution in [0.1, 0.15) is 33.7 Å². The molecule has 9 nitrogen and oxygen atoms in total. The maximum Gasteiger partial charge on any atom is 0.273 e. The number of primary amides is 1. The predicted molar refractivity (Wildman–Crippen MR) is 113 cm³/mol. The third kappa shape index (κ3) is 3.94. The molecular weight excluding hydrogens is 429 g/mol. The van der Waals surface area contributed by atoms with Crippen molar-refractivity contribution in [1.82, 2.24) is 24.9 Å². The van der Waals surface area contributed by atoms with Gasteiger partial charge in [-0.2, -0.15) is 0 Å². The van der Waals surface area contributed by atoms with Crippen LogP contribution in [0.2, 0.25) is 10.0 Å². The number of aromatic nitrogens is 4. The molecule has 0 aliphatic carbocycles. The summed E-state index contributed by atoms with van der Waals surface area (Å²) in [5.74, 6) is -0.381. The average Bonchev–Trinajstić information content (AvgIpc) is 3.38. The molecule has 0 saturated carbocycles. The highest BCUT2D eigenvalue weighted by molar-refractivity contribution is 6.37. The zero-order valence-corrected chi connectivity index (χ0v) is 17.2. The van der Waals surface area contributed by atoms with Crippen LogP contribution in [0.4, 0.5) is 11.6 Å². The molecule has 30 heavy (non-hydrogen) atoms. The van der Waals surface area contributed by atoms with Crippen molar-refractivity contribution in [3.63, 3.8) is 0 Å². The molecule has 0 atom stereocenters. The van der Waals surface area contributed by atoms with Gasteiger partial charge in [-0.3, -0.25) is 9.59 Å². The molecule has 2 aromatic heterocycles. The van der Waals surface area contributed by atoms with E-state index in [1.54, 1.807) is 35.2 Å². The molecule has 0 unspecified atom stereocenters. The number of carbonyl (C=O) groups excluding carboxylic acids is 2. The van der Waals surface area contributed by atoms with Crippen LogP contribution in [0.5, 0.6) is 0 Å². The Labute approximate surface area is 181 Å². The Bertz CT molecular complexity index is 1090. The second-order valence-corrected chi connectivity index (χ2v) is 7.49. The van der Waals surface area contributed by atoms with Gasteiger partial charge in [0.25, 0.3) is 11.8 Å². The second kappa shape index (κ2) is 8.29. The Kier molecular flexibility index (Phi) is 5.56. The van der Waals surface area contributed by atoms with Crippen LogP contribution < -0.4 is 11.1 Å². The zero-order chi connectivity index (χ0) is 21.3. The highest BCUT2D eigenvalue weighted by Gasteiger charge is 2.22. The summed E-state index contributed by atoms with van der Waals surface area (Å²) in [5, 5.41) is 11.9. The molecule has 1 fully saturated rings. The number of rotatable bonds is 5. The van der Waals surface area contributed by atoms with Gasteiger partial charge >= 0.3 is 0 Å². The number of hydrogen-bond acceptors (Lipinski definition) is 6. The summed E-state index contributed by atoms with van der Waals surface area (Å²) in [7, 11) is 0. The molecule has 3 aromatic rings. The summed E-state index contributed by atoms with van der Waals surface area (Å²) in [6.07, 6.45) is 3.50. The third-order valence-electron chi connectivity index (χ3n) is 4.63.